The molecule has 0 bridgehead atoms. The van der Waals surface area contributed by atoms with E-state index in [9.17, 15) is 14.7 Å². The van der Waals surface area contributed by atoms with E-state index < -0.39 is 17.5 Å². The summed E-state index contributed by atoms with van der Waals surface area (Å²) in [5.41, 5.74) is 0.346. The number of allylic oxidation sites excluding steroid dienone is 1. The Labute approximate surface area is 113 Å². The second-order valence-electron chi connectivity index (χ2n) is 5.60. The van der Waals surface area contributed by atoms with Crippen molar-refractivity contribution in [3.05, 3.63) is 23.8 Å². The first-order chi connectivity index (χ1) is 8.92. The van der Waals surface area contributed by atoms with Crippen LogP contribution in [0, 0.1) is 11.3 Å². The summed E-state index contributed by atoms with van der Waals surface area (Å²) >= 11 is 0. The molecule has 1 fully saturated rings. The minimum absolute atomic E-state index is 0.110. The fourth-order valence-corrected chi connectivity index (χ4v) is 3.17. The Morgan fingerprint density at radius 1 is 1.58 bits per heavy atom. The largest absolute Gasteiger partial charge is 0.458 e. The SMILES string of the molecule is C=C[C@@]1(CC(O)C2=C(C)COC2=O)C(=O)CC[C@H]1C. The van der Waals surface area contributed by atoms with Crippen molar-refractivity contribution in [2.75, 3.05) is 6.61 Å². The number of carbonyl (C=O) groups is 2. The van der Waals surface area contributed by atoms with Crippen LogP contribution >= 0.6 is 0 Å². The highest BCUT2D eigenvalue weighted by Crippen LogP contribution is 2.46. The van der Waals surface area contributed by atoms with E-state index in [1.165, 1.54) is 0 Å². The predicted octanol–water partition coefficient (Wildman–Crippen LogP) is 1.78. The van der Waals surface area contributed by atoms with Crippen molar-refractivity contribution in [2.24, 2.45) is 11.3 Å². The molecule has 2 rings (SSSR count). The molecule has 0 aromatic carbocycles. The first-order valence-electron chi connectivity index (χ1n) is 6.64. The number of cyclic esters (lactones) is 1. The van der Waals surface area contributed by atoms with Crippen LogP contribution in [0.25, 0.3) is 0 Å². The van der Waals surface area contributed by atoms with Gasteiger partial charge in [0.2, 0.25) is 0 Å². The Morgan fingerprint density at radius 3 is 2.68 bits per heavy atom. The van der Waals surface area contributed by atoms with Crippen LogP contribution in [-0.2, 0) is 14.3 Å². The van der Waals surface area contributed by atoms with Gasteiger partial charge in [-0.1, -0.05) is 13.0 Å². The Balaban J connectivity index is 2.24. The molecular formula is C15H20O4. The van der Waals surface area contributed by atoms with Crippen molar-refractivity contribution in [2.45, 2.75) is 39.2 Å². The molecular weight excluding hydrogens is 244 g/mol. The number of ketones is 1. The molecule has 3 atom stereocenters. The molecule has 4 heteroatoms. The highest BCUT2D eigenvalue weighted by atomic mass is 16.5. The van der Waals surface area contributed by atoms with Crippen LogP contribution in [0.1, 0.15) is 33.1 Å². The van der Waals surface area contributed by atoms with Gasteiger partial charge in [-0.15, -0.1) is 6.58 Å². The summed E-state index contributed by atoms with van der Waals surface area (Å²) in [5, 5.41) is 10.3. The second-order valence-corrected chi connectivity index (χ2v) is 5.60. The van der Waals surface area contributed by atoms with E-state index >= 15 is 0 Å². The Bertz CT molecular complexity index is 463. The number of aliphatic hydroxyl groups excluding tert-OH is 1. The lowest BCUT2D eigenvalue weighted by molar-refractivity contribution is -0.137. The zero-order valence-electron chi connectivity index (χ0n) is 11.4. The van der Waals surface area contributed by atoms with E-state index in [0.717, 1.165) is 12.0 Å². The number of aliphatic hydroxyl groups is 1. The third kappa shape index (κ3) is 2.14. The average molecular weight is 264 g/mol. The number of carbonyl (C=O) groups excluding carboxylic acids is 2. The third-order valence-corrected chi connectivity index (χ3v) is 4.53. The van der Waals surface area contributed by atoms with Crippen LogP contribution in [0.4, 0.5) is 0 Å². The summed E-state index contributed by atoms with van der Waals surface area (Å²) in [6, 6.07) is 0. The molecule has 1 aliphatic carbocycles. The lowest BCUT2D eigenvalue weighted by atomic mass is 9.73. The van der Waals surface area contributed by atoms with E-state index in [4.69, 9.17) is 4.74 Å². The van der Waals surface area contributed by atoms with Gasteiger partial charge in [-0.25, -0.2) is 4.79 Å². The van der Waals surface area contributed by atoms with Gasteiger partial charge in [0.1, 0.15) is 12.4 Å². The molecule has 2 aliphatic rings. The molecule has 104 valence electrons. The molecule has 0 aromatic rings. The molecule has 0 saturated heterocycles. The Morgan fingerprint density at radius 2 is 2.26 bits per heavy atom. The van der Waals surface area contributed by atoms with Crippen molar-refractivity contribution < 1.29 is 19.4 Å². The van der Waals surface area contributed by atoms with Gasteiger partial charge in [-0.3, -0.25) is 4.79 Å². The lowest BCUT2D eigenvalue weighted by Gasteiger charge is -2.31. The van der Waals surface area contributed by atoms with Crippen molar-refractivity contribution >= 4 is 11.8 Å². The minimum atomic E-state index is -0.961. The maximum absolute atomic E-state index is 12.1. The molecule has 1 heterocycles. The molecule has 1 aliphatic heterocycles. The average Bonchev–Trinajstić information content (AvgIpc) is 2.84. The molecule has 0 radical (unpaired) electrons. The van der Waals surface area contributed by atoms with Crippen molar-refractivity contribution in [1.82, 2.24) is 0 Å². The molecule has 1 unspecified atom stereocenters. The van der Waals surface area contributed by atoms with Gasteiger partial charge in [0.25, 0.3) is 0 Å². The van der Waals surface area contributed by atoms with Gasteiger partial charge in [0, 0.05) is 6.42 Å². The molecule has 0 spiro atoms. The van der Waals surface area contributed by atoms with Crippen LogP contribution in [-0.4, -0.2) is 29.6 Å². The number of esters is 1. The fourth-order valence-electron chi connectivity index (χ4n) is 3.17. The normalized spacial score (nSPS) is 32.7. The highest BCUT2D eigenvalue weighted by molar-refractivity contribution is 5.93. The molecule has 1 N–H and O–H groups in total. The summed E-state index contributed by atoms with van der Waals surface area (Å²) in [4.78, 5) is 23.7. The third-order valence-electron chi connectivity index (χ3n) is 4.53. The monoisotopic (exact) mass is 264 g/mol. The summed E-state index contributed by atoms with van der Waals surface area (Å²) in [6.45, 7) is 7.76. The number of hydrogen-bond acceptors (Lipinski definition) is 4. The molecule has 19 heavy (non-hydrogen) atoms. The van der Waals surface area contributed by atoms with E-state index in [1.807, 2.05) is 6.92 Å². The first-order valence-corrected chi connectivity index (χ1v) is 6.64. The summed E-state index contributed by atoms with van der Waals surface area (Å²) in [7, 11) is 0. The Kier molecular flexibility index (Phi) is 3.63. The summed E-state index contributed by atoms with van der Waals surface area (Å²) in [6.07, 6.45) is 2.23. The molecule has 1 saturated carbocycles. The van der Waals surface area contributed by atoms with Crippen LogP contribution < -0.4 is 0 Å². The van der Waals surface area contributed by atoms with Gasteiger partial charge in [0.15, 0.2) is 0 Å². The predicted molar refractivity (Wildman–Crippen MR) is 70.3 cm³/mol. The van der Waals surface area contributed by atoms with Crippen LogP contribution in [0.5, 0.6) is 0 Å². The van der Waals surface area contributed by atoms with Crippen molar-refractivity contribution in [3.63, 3.8) is 0 Å². The fraction of sp³-hybridized carbons (Fsp3) is 0.600. The van der Waals surface area contributed by atoms with Crippen LogP contribution in [0.3, 0.4) is 0 Å². The number of rotatable bonds is 4. The van der Waals surface area contributed by atoms with Crippen molar-refractivity contribution in [3.8, 4) is 0 Å². The van der Waals surface area contributed by atoms with Gasteiger partial charge < -0.3 is 9.84 Å². The van der Waals surface area contributed by atoms with E-state index in [-0.39, 0.29) is 24.7 Å². The van der Waals surface area contributed by atoms with Gasteiger partial charge >= 0.3 is 5.97 Å². The number of hydrogen-bond donors (Lipinski definition) is 1. The first kappa shape index (κ1) is 14.0. The molecule has 4 nitrogen and oxygen atoms in total. The maximum atomic E-state index is 12.1. The van der Waals surface area contributed by atoms with E-state index in [1.54, 1.807) is 13.0 Å². The highest BCUT2D eigenvalue weighted by Gasteiger charge is 2.47. The minimum Gasteiger partial charge on any atom is -0.458 e. The van der Waals surface area contributed by atoms with Gasteiger partial charge in [-0.2, -0.15) is 0 Å². The maximum Gasteiger partial charge on any atom is 0.337 e. The summed E-state index contributed by atoms with van der Waals surface area (Å²) in [5.74, 6) is -0.216. The Hall–Kier alpha value is -1.42. The van der Waals surface area contributed by atoms with Gasteiger partial charge in [0.05, 0.1) is 17.1 Å². The second kappa shape index (κ2) is 4.93. The summed E-state index contributed by atoms with van der Waals surface area (Å²) < 4.78 is 4.90. The smallest absolute Gasteiger partial charge is 0.337 e. The quantitative estimate of drug-likeness (QED) is 0.621. The molecule has 0 aromatic heterocycles. The molecule has 0 amide bonds. The van der Waals surface area contributed by atoms with Crippen LogP contribution in [0.2, 0.25) is 0 Å². The van der Waals surface area contributed by atoms with E-state index in [0.29, 0.717) is 12.0 Å². The van der Waals surface area contributed by atoms with Gasteiger partial charge in [-0.05, 0) is 31.3 Å². The topological polar surface area (TPSA) is 63.6 Å². The lowest BCUT2D eigenvalue weighted by Crippen LogP contribution is -2.35. The zero-order valence-corrected chi connectivity index (χ0v) is 11.4. The number of ether oxygens (including phenoxy) is 1. The van der Waals surface area contributed by atoms with E-state index in [2.05, 4.69) is 6.58 Å². The zero-order chi connectivity index (χ0) is 14.2. The van der Waals surface area contributed by atoms with Crippen LogP contribution in [0.15, 0.2) is 23.8 Å². The standard InChI is InChI=1S/C15H20O4/c1-4-15(10(3)5-6-12(15)17)7-11(16)13-9(2)8-19-14(13)18/h4,10-11,16H,1,5-8H2,2-3H3/t10-,11?,15+/m1/s1. The van der Waals surface area contributed by atoms with Crippen molar-refractivity contribution in [1.29, 1.82) is 0 Å². The number of Topliss-reactive ketones (excluding diaryl/α,β-unsaturated/α-hetero) is 1.